The maximum atomic E-state index is 11.8. The highest BCUT2D eigenvalue weighted by atomic mass is 16.1. The van der Waals surface area contributed by atoms with Gasteiger partial charge in [0.15, 0.2) is 5.78 Å². The van der Waals surface area contributed by atoms with E-state index in [4.69, 9.17) is 0 Å². The molecule has 5 nitrogen and oxygen atoms in total. The topological polar surface area (TPSA) is 52.7 Å². The van der Waals surface area contributed by atoms with Crippen LogP contribution in [0.15, 0.2) is 30.7 Å². The first-order chi connectivity index (χ1) is 8.20. The van der Waals surface area contributed by atoms with Crippen LogP contribution in [0.2, 0.25) is 0 Å². The summed E-state index contributed by atoms with van der Waals surface area (Å²) in [4.78, 5) is 11.8. The predicted octanol–water partition coefficient (Wildman–Crippen LogP) is 1.53. The van der Waals surface area contributed by atoms with Gasteiger partial charge in [-0.15, -0.1) is 0 Å². The number of hydrogen-bond acceptors (Lipinski definition) is 3. The first-order valence-electron chi connectivity index (χ1n) is 5.43. The minimum atomic E-state index is -0.0501. The number of rotatable bonds is 4. The Kier molecular flexibility index (Phi) is 3.18. The van der Waals surface area contributed by atoms with Crippen LogP contribution in [-0.4, -0.2) is 25.3 Å². The van der Waals surface area contributed by atoms with Crippen molar-refractivity contribution in [2.75, 3.05) is 0 Å². The SMILES string of the molecule is CCn1cc(C(=O)/C=C/c2ccnn2C)cn1. The summed E-state index contributed by atoms with van der Waals surface area (Å²) in [5.41, 5.74) is 1.49. The van der Waals surface area contributed by atoms with E-state index in [1.807, 2.05) is 20.0 Å². The van der Waals surface area contributed by atoms with Gasteiger partial charge in [0.05, 0.1) is 17.5 Å². The molecule has 0 aliphatic heterocycles. The zero-order valence-electron chi connectivity index (χ0n) is 9.87. The van der Waals surface area contributed by atoms with Gasteiger partial charge in [0.1, 0.15) is 0 Å². The third-order valence-corrected chi connectivity index (χ3v) is 2.51. The lowest BCUT2D eigenvalue weighted by atomic mass is 10.2. The average Bonchev–Trinajstić information content (AvgIpc) is 2.94. The van der Waals surface area contributed by atoms with E-state index in [0.29, 0.717) is 5.56 Å². The summed E-state index contributed by atoms with van der Waals surface area (Å²) in [6.07, 6.45) is 8.31. The zero-order chi connectivity index (χ0) is 12.3. The minimum Gasteiger partial charge on any atom is -0.289 e. The molecule has 0 bridgehead atoms. The van der Waals surface area contributed by atoms with Crippen LogP contribution in [0, 0.1) is 0 Å². The Morgan fingerprint density at radius 1 is 1.47 bits per heavy atom. The van der Waals surface area contributed by atoms with Crippen LogP contribution >= 0.6 is 0 Å². The molecule has 0 unspecified atom stereocenters. The summed E-state index contributed by atoms with van der Waals surface area (Å²) in [7, 11) is 1.83. The molecule has 17 heavy (non-hydrogen) atoms. The van der Waals surface area contributed by atoms with Gasteiger partial charge in [-0.1, -0.05) is 0 Å². The van der Waals surface area contributed by atoms with Crippen LogP contribution in [0.25, 0.3) is 6.08 Å². The molecule has 2 aromatic heterocycles. The standard InChI is InChI=1S/C12H14N4O/c1-3-16-9-10(8-14-16)12(17)5-4-11-6-7-13-15(11)2/h4-9H,3H2,1-2H3/b5-4+. The summed E-state index contributed by atoms with van der Waals surface area (Å²) in [6, 6.07) is 1.85. The predicted molar refractivity (Wildman–Crippen MR) is 64.5 cm³/mol. The van der Waals surface area contributed by atoms with Crippen LogP contribution in [0.4, 0.5) is 0 Å². The van der Waals surface area contributed by atoms with Gasteiger partial charge in [0, 0.05) is 26.0 Å². The van der Waals surface area contributed by atoms with E-state index >= 15 is 0 Å². The lowest BCUT2D eigenvalue weighted by molar-refractivity contribution is 0.104. The second-order valence-corrected chi connectivity index (χ2v) is 3.66. The van der Waals surface area contributed by atoms with Crippen molar-refractivity contribution in [3.8, 4) is 0 Å². The Balaban J connectivity index is 2.11. The molecule has 5 heteroatoms. The highest BCUT2D eigenvalue weighted by molar-refractivity contribution is 6.06. The molecule has 0 N–H and O–H groups in total. The first-order valence-corrected chi connectivity index (χ1v) is 5.43. The van der Waals surface area contributed by atoms with Crippen molar-refractivity contribution >= 4 is 11.9 Å². The highest BCUT2D eigenvalue weighted by Crippen LogP contribution is 2.04. The van der Waals surface area contributed by atoms with Gasteiger partial charge in [0.25, 0.3) is 0 Å². The lowest BCUT2D eigenvalue weighted by Crippen LogP contribution is -1.96. The summed E-state index contributed by atoms with van der Waals surface area (Å²) >= 11 is 0. The average molecular weight is 230 g/mol. The maximum absolute atomic E-state index is 11.8. The van der Waals surface area contributed by atoms with E-state index < -0.39 is 0 Å². The Labute approximate surface area is 99.4 Å². The third kappa shape index (κ3) is 2.50. The van der Waals surface area contributed by atoms with Crippen molar-refractivity contribution < 1.29 is 4.79 Å². The van der Waals surface area contributed by atoms with E-state index in [2.05, 4.69) is 10.2 Å². The van der Waals surface area contributed by atoms with Crippen molar-refractivity contribution in [2.24, 2.45) is 7.05 Å². The van der Waals surface area contributed by atoms with Gasteiger partial charge in [-0.05, 0) is 25.1 Å². The van der Waals surface area contributed by atoms with E-state index in [0.717, 1.165) is 12.2 Å². The number of carbonyl (C=O) groups is 1. The van der Waals surface area contributed by atoms with E-state index in [1.165, 1.54) is 6.08 Å². The Morgan fingerprint density at radius 3 is 2.88 bits per heavy atom. The molecule has 2 aromatic rings. The van der Waals surface area contributed by atoms with Crippen molar-refractivity contribution in [2.45, 2.75) is 13.5 Å². The van der Waals surface area contributed by atoms with E-state index in [9.17, 15) is 4.79 Å². The summed E-state index contributed by atoms with van der Waals surface area (Å²) in [5, 5.41) is 8.09. The van der Waals surface area contributed by atoms with E-state index in [1.54, 1.807) is 34.0 Å². The molecule has 88 valence electrons. The quantitative estimate of drug-likeness (QED) is 0.591. The molecule has 0 aliphatic rings. The Bertz CT molecular complexity index is 550. The highest BCUT2D eigenvalue weighted by Gasteiger charge is 2.04. The molecule has 0 amide bonds. The van der Waals surface area contributed by atoms with Crippen molar-refractivity contribution in [3.63, 3.8) is 0 Å². The molecule has 2 heterocycles. The van der Waals surface area contributed by atoms with E-state index in [-0.39, 0.29) is 5.78 Å². The van der Waals surface area contributed by atoms with Crippen LogP contribution in [0.5, 0.6) is 0 Å². The number of ketones is 1. The molecular weight excluding hydrogens is 216 g/mol. The Morgan fingerprint density at radius 2 is 2.29 bits per heavy atom. The number of aryl methyl sites for hydroxylation is 2. The fraction of sp³-hybridized carbons (Fsp3) is 0.250. The van der Waals surface area contributed by atoms with Crippen LogP contribution in [-0.2, 0) is 13.6 Å². The number of allylic oxidation sites excluding steroid dienone is 1. The smallest absolute Gasteiger partial charge is 0.189 e. The molecule has 0 atom stereocenters. The van der Waals surface area contributed by atoms with Crippen LogP contribution in [0.1, 0.15) is 23.0 Å². The molecule has 0 fully saturated rings. The molecule has 2 rings (SSSR count). The second-order valence-electron chi connectivity index (χ2n) is 3.66. The molecule has 0 saturated carbocycles. The molecular formula is C12H14N4O. The molecule has 0 aromatic carbocycles. The summed E-state index contributed by atoms with van der Waals surface area (Å²) in [6.45, 7) is 2.74. The van der Waals surface area contributed by atoms with Gasteiger partial charge < -0.3 is 0 Å². The van der Waals surface area contributed by atoms with Gasteiger partial charge in [0.2, 0.25) is 0 Å². The number of aromatic nitrogens is 4. The normalized spacial score (nSPS) is 11.2. The number of nitrogens with zero attached hydrogens (tertiary/aromatic N) is 4. The largest absolute Gasteiger partial charge is 0.289 e. The minimum absolute atomic E-state index is 0.0501. The van der Waals surface area contributed by atoms with Gasteiger partial charge in [-0.2, -0.15) is 10.2 Å². The number of carbonyl (C=O) groups excluding carboxylic acids is 1. The first kappa shape index (κ1) is 11.3. The summed E-state index contributed by atoms with van der Waals surface area (Å²) < 4.78 is 3.43. The van der Waals surface area contributed by atoms with Crippen molar-refractivity contribution in [1.82, 2.24) is 19.6 Å². The maximum Gasteiger partial charge on any atom is 0.189 e. The molecule has 0 aliphatic carbocycles. The molecule has 0 spiro atoms. The fourth-order valence-corrected chi connectivity index (χ4v) is 1.47. The molecule has 0 radical (unpaired) electrons. The molecule has 0 saturated heterocycles. The van der Waals surface area contributed by atoms with Crippen LogP contribution in [0.3, 0.4) is 0 Å². The second kappa shape index (κ2) is 4.78. The van der Waals surface area contributed by atoms with Crippen LogP contribution < -0.4 is 0 Å². The Hall–Kier alpha value is -2.17. The van der Waals surface area contributed by atoms with Crippen molar-refractivity contribution in [3.05, 3.63) is 42.0 Å². The number of hydrogen-bond donors (Lipinski definition) is 0. The lowest BCUT2D eigenvalue weighted by Gasteiger charge is -1.93. The summed E-state index contributed by atoms with van der Waals surface area (Å²) in [5.74, 6) is -0.0501. The van der Waals surface area contributed by atoms with Gasteiger partial charge >= 0.3 is 0 Å². The zero-order valence-corrected chi connectivity index (χ0v) is 9.87. The fourth-order valence-electron chi connectivity index (χ4n) is 1.47. The van der Waals surface area contributed by atoms with Gasteiger partial charge in [-0.3, -0.25) is 14.2 Å². The monoisotopic (exact) mass is 230 g/mol. The third-order valence-electron chi connectivity index (χ3n) is 2.51. The van der Waals surface area contributed by atoms with Gasteiger partial charge in [-0.25, -0.2) is 0 Å². The van der Waals surface area contributed by atoms with Crippen molar-refractivity contribution in [1.29, 1.82) is 0 Å².